The fourth-order valence-corrected chi connectivity index (χ4v) is 4.59. The lowest BCUT2D eigenvalue weighted by Gasteiger charge is -2.31. The van der Waals surface area contributed by atoms with E-state index in [9.17, 15) is 14.4 Å². The number of rotatable bonds is 6. The van der Waals surface area contributed by atoms with Crippen LogP contribution in [0.25, 0.3) is 0 Å². The number of carbonyl (C=O) groups is 3. The van der Waals surface area contributed by atoms with E-state index in [0.29, 0.717) is 40.6 Å². The lowest BCUT2D eigenvalue weighted by Crippen LogP contribution is -2.35. The van der Waals surface area contributed by atoms with Crippen LogP contribution in [0.3, 0.4) is 0 Å². The zero-order valence-electron chi connectivity index (χ0n) is 20.8. The molecule has 3 amide bonds. The Morgan fingerprint density at radius 1 is 1.03 bits per heavy atom. The molecule has 0 spiro atoms. The zero-order chi connectivity index (χ0) is 26.7. The Kier molecular flexibility index (Phi) is 8.17. The van der Waals surface area contributed by atoms with Gasteiger partial charge in [0.15, 0.2) is 0 Å². The first-order chi connectivity index (χ1) is 17.7. The number of amides is 3. The summed E-state index contributed by atoms with van der Waals surface area (Å²) in [5.41, 5.74) is 3.50. The van der Waals surface area contributed by atoms with Gasteiger partial charge in [0.05, 0.1) is 33.9 Å². The van der Waals surface area contributed by atoms with Crippen molar-refractivity contribution >= 4 is 52.3 Å². The van der Waals surface area contributed by atoms with Crippen molar-refractivity contribution in [1.82, 2.24) is 10.2 Å². The molecule has 1 atom stereocenters. The Bertz CT molecular complexity index is 1340. The minimum Gasteiger partial charge on any atom is -0.340 e. The first-order valence-electron chi connectivity index (χ1n) is 11.9. The number of hydrogen-bond acceptors (Lipinski definition) is 4. The third-order valence-electron chi connectivity index (χ3n) is 6.36. The zero-order valence-corrected chi connectivity index (χ0v) is 22.4. The molecule has 37 heavy (non-hydrogen) atoms. The smallest absolute Gasteiger partial charge is 0.258 e. The standard InChI is InChI=1S/C28H28Cl2N4O3/c1-17-4-6-18(7-5-17)25-16-26(35)32-23-15-20(27(36)33(3)13-12-31-2)9-11-24(23)34(25)28(37)19-8-10-21(29)22(30)14-19/h4-11,14-15,25,31H,12-13,16H2,1-3H3,(H,32,35). The van der Waals surface area contributed by atoms with Crippen molar-refractivity contribution < 1.29 is 14.4 Å². The molecule has 0 saturated carbocycles. The Morgan fingerprint density at radius 3 is 2.41 bits per heavy atom. The fourth-order valence-electron chi connectivity index (χ4n) is 4.29. The van der Waals surface area contributed by atoms with Crippen molar-refractivity contribution in [1.29, 1.82) is 0 Å². The second-order valence-electron chi connectivity index (χ2n) is 9.05. The first kappa shape index (κ1) is 26.7. The molecule has 4 rings (SSSR count). The van der Waals surface area contributed by atoms with Crippen molar-refractivity contribution in [3.63, 3.8) is 0 Å². The van der Waals surface area contributed by atoms with Crippen LogP contribution in [0.1, 0.15) is 44.3 Å². The molecule has 3 aromatic rings. The summed E-state index contributed by atoms with van der Waals surface area (Å²) < 4.78 is 0. The van der Waals surface area contributed by atoms with Crippen LogP contribution < -0.4 is 15.5 Å². The summed E-state index contributed by atoms with van der Waals surface area (Å²) in [6.07, 6.45) is 0.0379. The molecule has 0 radical (unpaired) electrons. The molecule has 1 aliphatic heterocycles. The number of benzene rings is 3. The third kappa shape index (κ3) is 5.80. The van der Waals surface area contributed by atoms with Crippen molar-refractivity contribution in [3.05, 3.63) is 93.0 Å². The Labute approximate surface area is 226 Å². The lowest BCUT2D eigenvalue weighted by molar-refractivity contribution is -0.116. The lowest BCUT2D eigenvalue weighted by atomic mass is 9.98. The number of aryl methyl sites for hydroxylation is 1. The molecule has 9 heteroatoms. The maximum Gasteiger partial charge on any atom is 0.258 e. The van der Waals surface area contributed by atoms with E-state index in [1.54, 1.807) is 47.2 Å². The van der Waals surface area contributed by atoms with Gasteiger partial charge in [-0.05, 0) is 55.9 Å². The maximum absolute atomic E-state index is 14.0. The summed E-state index contributed by atoms with van der Waals surface area (Å²) in [6, 6.07) is 16.9. The van der Waals surface area contributed by atoms with Gasteiger partial charge in [-0.15, -0.1) is 0 Å². The van der Waals surface area contributed by atoms with Gasteiger partial charge in [-0.2, -0.15) is 0 Å². The van der Waals surface area contributed by atoms with E-state index in [0.717, 1.165) is 11.1 Å². The largest absolute Gasteiger partial charge is 0.340 e. The molecule has 192 valence electrons. The number of likely N-dealkylation sites (N-methyl/N-ethyl adjacent to an activating group) is 2. The molecule has 0 aliphatic carbocycles. The molecule has 3 aromatic carbocycles. The normalized spacial score (nSPS) is 15.0. The quantitative estimate of drug-likeness (QED) is 0.444. The van der Waals surface area contributed by atoms with Gasteiger partial charge in [-0.3, -0.25) is 19.3 Å². The Morgan fingerprint density at radius 2 is 1.73 bits per heavy atom. The molecule has 0 saturated heterocycles. The second kappa shape index (κ2) is 11.3. The Hall–Kier alpha value is -3.39. The number of carbonyl (C=O) groups excluding carboxylic acids is 3. The number of hydrogen-bond donors (Lipinski definition) is 2. The van der Waals surface area contributed by atoms with E-state index >= 15 is 0 Å². The minimum atomic E-state index is -0.580. The number of nitrogens with zero attached hydrogens (tertiary/aromatic N) is 2. The highest BCUT2D eigenvalue weighted by Gasteiger charge is 2.35. The van der Waals surface area contributed by atoms with Crippen LogP contribution >= 0.6 is 23.2 Å². The predicted molar refractivity (Wildman–Crippen MR) is 148 cm³/mol. The van der Waals surface area contributed by atoms with Gasteiger partial charge in [0.2, 0.25) is 5.91 Å². The highest BCUT2D eigenvalue weighted by Crippen LogP contribution is 2.40. The van der Waals surface area contributed by atoms with Crippen molar-refractivity contribution in [2.24, 2.45) is 0 Å². The van der Waals surface area contributed by atoms with Gasteiger partial charge < -0.3 is 15.5 Å². The van der Waals surface area contributed by atoms with Gasteiger partial charge in [-0.1, -0.05) is 53.0 Å². The van der Waals surface area contributed by atoms with Gasteiger partial charge >= 0.3 is 0 Å². The van der Waals surface area contributed by atoms with Crippen LogP contribution in [-0.4, -0.2) is 49.8 Å². The number of anilines is 2. The monoisotopic (exact) mass is 538 g/mol. The minimum absolute atomic E-state index is 0.0379. The molecule has 0 aromatic heterocycles. The molecule has 2 N–H and O–H groups in total. The summed E-state index contributed by atoms with van der Waals surface area (Å²) in [5.74, 6) is -0.787. The predicted octanol–water partition coefficient (Wildman–Crippen LogP) is 5.32. The van der Waals surface area contributed by atoms with Crippen LogP contribution in [0.4, 0.5) is 11.4 Å². The molecule has 1 aliphatic rings. The van der Waals surface area contributed by atoms with Gasteiger partial charge in [0.1, 0.15) is 0 Å². The molecule has 1 unspecified atom stereocenters. The van der Waals surface area contributed by atoms with E-state index in [2.05, 4.69) is 10.6 Å². The highest BCUT2D eigenvalue weighted by atomic mass is 35.5. The Balaban J connectivity index is 1.82. The average Bonchev–Trinajstić information content (AvgIpc) is 3.03. The molecule has 0 bridgehead atoms. The van der Waals surface area contributed by atoms with Crippen LogP contribution in [0.5, 0.6) is 0 Å². The van der Waals surface area contributed by atoms with Crippen LogP contribution in [-0.2, 0) is 4.79 Å². The fraction of sp³-hybridized carbons (Fsp3) is 0.250. The third-order valence-corrected chi connectivity index (χ3v) is 7.10. The van der Waals surface area contributed by atoms with E-state index < -0.39 is 6.04 Å². The highest BCUT2D eigenvalue weighted by molar-refractivity contribution is 6.42. The van der Waals surface area contributed by atoms with E-state index in [1.165, 1.54) is 6.07 Å². The molecular weight excluding hydrogens is 511 g/mol. The maximum atomic E-state index is 14.0. The van der Waals surface area contributed by atoms with E-state index in [1.807, 2.05) is 38.2 Å². The summed E-state index contributed by atoms with van der Waals surface area (Å²) >= 11 is 12.3. The van der Waals surface area contributed by atoms with Crippen LogP contribution in [0.2, 0.25) is 10.0 Å². The number of halogens is 2. The SMILES string of the molecule is CNCCN(C)C(=O)c1ccc2c(c1)NC(=O)CC(c1ccc(C)cc1)N2C(=O)c1ccc(Cl)c(Cl)c1. The van der Waals surface area contributed by atoms with Gasteiger partial charge in [0, 0.05) is 31.3 Å². The van der Waals surface area contributed by atoms with E-state index in [-0.39, 0.29) is 29.2 Å². The number of nitrogens with one attached hydrogen (secondary N) is 2. The summed E-state index contributed by atoms with van der Waals surface area (Å²) in [4.78, 5) is 43.3. The van der Waals surface area contributed by atoms with Crippen LogP contribution in [0, 0.1) is 6.92 Å². The van der Waals surface area contributed by atoms with Gasteiger partial charge in [0.25, 0.3) is 11.8 Å². The first-order valence-corrected chi connectivity index (χ1v) is 12.6. The summed E-state index contributed by atoms with van der Waals surface area (Å²) in [5, 5.41) is 6.52. The summed E-state index contributed by atoms with van der Waals surface area (Å²) in [7, 11) is 3.54. The van der Waals surface area contributed by atoms with Crippen molar-refractivity contribution in [2.45, 2.75) is 19.4 Å². The topological polar surface area (TPSA) is 81.8 Å². The summed E-state index contributed by atoms with van der Waals surface area (Å²) in [6.45, 7) is 3.15. The van der Waals surface area contributed by atoms with Crippen LogP contribution in [0.15, 0.2) is 60.7 Å². The molecule has 7 nitrogen and oxygen atoms in total. The average molecular weight is 539 g/mol. The molecule has 0 fully saturated rings. The number of fused-ring (bicyclic) bond motifs is 1. The molecule has 1 heterocycles. The van der Waals surface area contributed by atoms with E-state index in [4.69, 9.17) is 23.2 Å². The van der Waals surface area contributed by atoms with Gasteiger partial charge in [-0.25, -0.2) is 0 Å². The van der Waals surface area contributed by atoms with Crippen molar-refractivity contribution in [3.8, 4) is 0 Å². The second-order valence-corrected chi connectivity index (χ2v) is 9.86. The molecular formula is C28H28Cl2N4O3. The van der Waals surface area contributed by atoms with Crippen molar-refractivity contribution in [2.75, 3.05) is 37.4 Å².